The van der Waals surface area contributed by atoms with E-state index in [1.165, 1.54) is 5.56 Å². The Morgan fingerprint density at radius 1 is 1.15 bits per heavy atom. The molecule has 1 saturated heterocycles. The van der Waals surface area contributed by atoms with E-state index in [4.69, 9.17) is 9.47 Å². The number of carbonyl (C=O) groups is 1. The fourth-order valence-electron chi connectivity index (χ4n) is 5.37. The normalized spacial score (nSPS) is 17.7. The second-order valence-electron chi connectivity index (χ2n) is 11.2. The zero-order chi connectivity index (χ0) is 28.4. The number of likely N-dealkylation sites (N-methyl/N-ethyl adjacent to an activating group) is 1. The molecule has 2 N–H and O–H groups in total. The summed E-state index contributed by atoms with van der Waals surface area (Å²) >= 11 is 0. The predicted octanol–water partition coefficient (Wildman–Crippen LogP) is 5.16. The molecule has 0 atom stereocenters. The van der Waals surface area contributed by atoms with Crippen molar-refractivity contribution in [1.29, 1.82) is 0 Å². The van der Waals surface area contributed by atoms with Crippen LogP contribution in [-0.2, 0) is 14.9 Å². The molecular weight excluding hydrogens is 523 g/mol. The van der Waals surface area contributed by atoms with Crippen LogP contribution in [0.25, 0.3) is 0 Å². The van der Waals surface area contributed by atoms with E-state index < -0.39 is 5.82 Å². The minimum atomic E-state index is -0.575. The van der Waals surface area contributed by atoms with E-state index in [9.17, 15) is 9.18 Å². The van der Waals surface area contributed by atoms with Crippen molar-refractivity contribution in [3.05, 3.63) is 72.2 Å². The standard InChI is InChI=1S/C31H35FN6O3/c1-37(2)15-3-4-28(39)38-20-31(13-14-31)25-10-7-22(18-27(25)38)34-29-26(32)19-33-30(36-29)35-21-5-8-23(9-6-21)41-24-11-16-40-17-12-24/h3-10,18-19,24H,11-17,20H2,1-2H3,(H2,33,34,35,36). The van der Waals surface area contributed by atoms with Gasteiger partial charge in [0.25, 0.3) is 5.91 Å². The topological polar surface area (TPSA) is 91.9 Å². The van der Waals surface area contributed by atoms with Crippen molar-refractivity contribution in [3.8, 4) is 5.75 Å². The molecule has 2 fully saturated rings. The molecule has 3 heterocycles. The lowest BCUT2D eigenvalue weighted by Gasteiger charge is -2.23. The number of hydrogen-bond donors (Lipinski definition) is 2. The molecule has 3 aliphatic rings. The number of ether oxygens (including phenoxy) is 2. The van der Waals surface area contributed by atoms with Crippen molar-refractivity contribution in [1.82, 2.24) is 14.9 Å². The molecule has 0 bridgehead atoms. The molecule has 10 heteroatoms. The Hall–Kier alpha value is -4.02. The smallest absolute Gasteiger partial charge is 0.250 e. The highest BCUT2D eigenvalue weighted by Gasteiger charge is 2.52. The number of anilines is 5. The molecule has 214 valence electrons. The number of amides is 1. The van der Waals surface area contributed by atoms with Gasteiger partial charge in [0.15, 0.2) is 11.6 Å². The van der Waals surface area contributed by atoms with Crippen LogP contribution < -0.4 is 20.3 Å². The highest BCUT2D eigenvalue weighted by Crippen LogP contribution is 2.57. The molecule has 3 aromatic rings. The molecule has 41 heavy (non-hydrogen) atoms. The fraction of sp³-hybridized carbons (Fsp3) is 0.387. The first-order valence-corrected chi connectivity index (χ1v) is 14.1. The van der Waals surface area contributed by atoms with E-state index in [1.807, 2.05) is 72.4 Å². The highest BCUT2D eigenvalue weighted by atomic mass is 19.1. The zero-order valence-electron chi connectivity index (χ0n) is 23.4. The van der Waals surface area contributed by atoms with Gasteiger partial charge in [-0.3, -0.25) is 4.79 Å². The monoisotopic (exact) mass is 558 g/mol. The molecule has 0 unspecified atom stereocenters. The molecule has 1 amide bonds. The van der Waals surface area contributed by atoms with Gasteiger partial charge in [0.1, 0.15) is 11.9 Å². The summed E-state index contributed by atoms with van der Waals surface area (Å²) < 4.78 is 26.2. The second kappa shape index (κ2) is 11.5. The summed E-state index contributed by atoms with van der Waals surface area (Å²) in [7, 11) is 3.93. The van der Waals surface area contributed by atoms with Gasteiger partial charge in [-0.05, 0) is 68.9 Å². The van der Waals surface area contributed by atoms with Gasteiger partial charge in [0, 0.05) is 54.5 Å². The van der Waals surface area contributed by atoms with Crippen molar-refractivity contribution in [2.75, 3.05) is 55.9 Å². The summed E-state index contributed by atoms with van der Waals surface area (Å²) in [6, 6.07) is 13.4. The Bertz CT molecular complexity index is 1430. The Labute approximate surface area is 239 Å². The van der Waals surface area contributed by atoms with Crippen LogP contribution in [0, 0.1) is 5.82 Å². The summed E-state index contributed by atoms with van der Waals surface area (Å²) in [5, 5.41) is 6.22. The van der Waals surface area contributed by atoms with Crippen LogP contribution >= 0.6 is 0 Å². The maximum Gasteiger partial charge on any atom is 0.250 e. The zero-order valence-corrected chi connectivity index (χ0v) is 23.4. The number of rotatable bonds is 9. The van der Waals surface area contributed by atoms with Gasteiger partial charge < -0.3 is 29.9 Å². The Balaban J connectivity index is 1.15. The van der Waals surface area contributed by atoms with E-state index in [0.29, 0.717) is 18.8 Å². The molecule has 1 aliphatic carbocycles. The third kappa shape index (κ3) is 6.18. The fourth-order valence-corrected chi connectivity index (χ4v) is 5.37. The van der Waals surface area contributed by atoms with Crippen molar-refractivity contribution in [3.63, 3.8) is 0 Å². The Morgan fingerprint density at radius 3 is 2.63 bits per heavy atom. The van der Waals surface area contributed by atoms with E-state index in [2.05, 4.69) is 20.6 Å². The van der Waals surface area contributed by atoms with Crippen LogP contribution in [0.15, 0.2) is 60.8 Å². The van der Waals surface area contributed by atoms with Gasteiger partial charge in [0.05, 0.1) is 19.4 Å². The summed E-state index contributed by atoms with van der Waals surface area (Å²) in [5.41, 5.74) is 3.48. The highest BCUT2D eigenvalue weighted by molar-refractivity contribution is 6.04. The van der Waals surface area contributed by atoms with Gasteiger partial charge in [-0.2, -0.15) is 4.98 Å². The molecule has 6 rings (SSSR count). The lowest BCUT2D eigenvalue weighted by molar-refractivity contribution is -0.114. The molecule has 1 spiro atoms. The maximum absolute atomic E-state index is 14.8. The quantitative estimate of drug-likeness (QED) is 0.348. The van der Waals surface area contributed by atoms with Crippen LogP contribution in [0.3, 0.4) is 0 Å². The first-order valence-electron chi connectivity index (χ1n) is 14.1. The average Bonchev–Trinajstić information content (AvgIpc) is 3.68. The predicted molar refractivity (Wildman–Crippen MR) is 157 cm³/mol. The first kappa shape index (κ1) is 27.2. The van der Waals surface area contributed by atoms with Crippen LogP contribution in [0.5, 0.6) is 5.75 Å². The number of carbonyl (C=O) groups excluding carboxylic acids is 1. The minimum Gasteiger partial charge on any atom is -0.490 e. The third-order valence-electron chi connectivity index (χ3n) is 7.76. The maximum atomic E-state index is 14.8. The molecule has 1 aromatic heterocycles. The third-order valence-corrected chi connectivity index (χ3v) is 7.76. The Morgan fingerprint density at radius 2 is 1.90 bits per heavy atom. The minimum absolute atomic E-state index is 0.0432. The molecule has 2 aliphatic heterocycles. The number of hydrogen-bond acceptors (Lipinski definition) is 8. The molecule has 1 saturated carbocycles. The van der Waals surface area contributed by atoms with Gasteiger partial charge >= 0.3 is 0 Å². The van der Waals surface area contributed by atoms with Crippen molar-refractivity contribution >= 4 is 34.7 Å². The van der Waals surface area contributed by atoms with Crippen molar-refractivity contribution in [2.24, 2.45) is 0 Å². The summed E-state index contributed by atoms with van der Waals surface area (Å²) in [6.07, 6.45) is 8.70. The number of aromatic nitrogens is 2. The summed E-state index contributed by atoms with van der Waals surface area (Å²) in [6.45, 7) is 2.81. The van der Waals surface area contributed by atoms with Crippen molar-refractivity contribution in [2.45, 2.75) is 37.2 Å². The van der Waals surface area contributed by atoms with E-state index >= 15 is 0 Å². The van der Waals surface area contributed by atoms with Gasteiger partial charge in [-0.15, -0.1) is 0 Å². The second-order valence-corrected chi connectivity index (χ2v) is 11.2. The van der Waals surface area contributed by atoms with Gasteiger partial charge in [-0.1, -0.05) is 12.1 Å². The number of fused-ring (bicyclic) bond motifs is 2. The SMILES string of the molecule is CN(C)CC=CC(=O)N1CC2(CC2)c2ccc(Nc3nc(Nc4ccc(OC5CCOCC5)cc4)ncc3F)cc21. The van der Waals surface area contributed by atoms with E-state index in [-0.39, 0.29) is 29.2 Å². The van der Waals surface area contributed by atoms with E-state index in [1.54, 1.807) is 6.08 Å². The van der Waals surface area contributed by atoms with E-state index in [0.717, 1.165) is 62.2 Å². The molecule has 0 radical (unpaired) electrons. The first-order chi connectivity index (χ1) is 19.9. The molecule has 9 nitrogen and oxygen atoms in total. The molecule has 2 aromatic carbocycles. The van der Waals surface area contributed by atoms with Crippen LogP contribution in [0.4, 0.5) is 33.2 Å². The number of halogens is 1. The summed E-state index contributed by atoms with van der Waals surface area (Å²) in [4.78, 5) is 25.4. The van der Waals surface area contributed by atoms with Gasteiger partial charge in [-0.25, -0.2) is 9.37 Å². The summed E-state index contributed by atoms with van der Waals surface area (Å²) in [5.74, 6) is 0.472. The van der Waals surface area contributed by atoms with Crippen molar-refractivity contribution < 1.29 is 18.7 Å². The van der Waals surface area contributed by atoms with Crippen LogP contribution in [-0.4, -0.2) is 67.3 Å². The number of nitrogens with one attached hydrogen (secondary N) is 2. The molecular formula is C31H35FN6O3. The lowest BCUT2D eigenvalue weighted by Crippen LogP contribution is -2.30. The Kier molecular flexibility index (Phi) is 7.59. The van der Waals surface area contributed by atoms with Gasteiger partial charge in [0.2, 0.25) is 5.95 Å². The van der Waals surface area contributed by atoms with Crippen LogP contribution in [0.2, 0.25) is 0 Å². The number of benzene rings is 2. The lowest BCUT2D eigenvalue weighted by atomic mass is 9.98. The van der Waals surface area contributed by atoms with Crippen LogP contribution in [0.1, 0.15) is 31.2 Å². The average molecular weight is 559 g/mol. The largest absolute Gasteiger partial charge is 0.490 e. The number of nitrogens with zero attached hydrogens (tertiary/aromatic N) is 4.